The fraction of sp³-hybridized carbons (Fsp3) is 0.0625. The van der Waals surface area contributed by atoms with Crippen LogP contribution >= 0.6 is 12.2 Å². The fourth-order valence-electron chi connectivity index (χ4n) is 1.78. The van der Waals surface area contributed by atoms with Crippen molar-refractivity contribution in [1.82, 2.24) is 0 Å². The Morgan fingerprint density at radius 1 is 1.13 bits per heavy atom. The van der Waals surface area contributed by atoms with Gasteiger partial charge in [0.1, 0.15) is 10.7 Å². The topological polar surface area (TPSA) is 88.7 Å². The number of rotatable bonds is 6. The summed E-state index contributed by atoms with van der Waals surface area (Å²) >= 11 is 4.90. The molecule has 0 heterocycles. The summed E-state index contributed by atoms with van der Waals surface area (Å²) in [5.74, 6) is 0.0908. The van der Waals surface area contributed by atoms with Gasteiger partial charge in [-0.15, -0.1) is 0 Å². The molecule has 0 saturated carbocycles. The van der Waals surface area contributed by atoms with Crippen molar-refractivity contribution in [1.29, 1.82) is 0 Å². The van der Waals surface area contributed by atoms with Gasteiger partial charge in [0.2, 0.25) is 0 Å². The molecule has 0 aliphatic carbocycles. The molecule has 0 unspecified atom stereocenters. The first-order valence-corrected chi connectivity index (χ1v) is 7.15. The molecule has 0 spiro atoms. The molecule has 118 valence electrons. The van der Waals surface area contributed by atoms with Gasteiger partial charge >= 0.3 is 0 Å². The van der Waals surface area contributed by atoms with Crippen molar-refractivity contribution in [3.05, 3.63) is 54.6 Å². The van der Waals surface area contributed by atoms with E-state index in [0.717, 1.165) is 0 Å². The van der Waals surface area contributed by atoms with Crippen LogP contribution in [0.4, 0.5) is 11.4 Å². The zero-order chi connectivity index (χ0) is 16.7. The maximum Gasteiger partial charge on any atom is 0.279 e. The minimum Gasteiger partial charge on any atom is -0.495 e. The normalized spacial score (nSPS) is 10.7. The largest absolute Gasteiger partial charge is 0.495 e. The lowest BCUT2D eigenvalue weighted by Gasteiger charge is -2.09. The van der Waals surface area contributed by atoms with Crippen molar-refractivity contribution in [2.24, 2.45) is 10.8 Å². The molecule has 2 aromatic carbocycles. The Balaban J connectivity index is 2.17. The van der Waals surface area contributed by atoms with Gasteiger partial charge in [-0.1, -0.05) is 42.5 Å². The first-order valence-electron chi connectivity index (χ1n) is 6.74. The third-order valence-electron chi connectivity index (χ3n) is 2.88. The van der Waals surface area contributed by atoms with Gasteiger partial charge in [0, 0.05) is 5.69 Å². The van der Waals surface area contributed by atoms with Gasteiger partial charge in [-0.05, 0) is 24.3 Å². The highest BCUT2D eigenvalue weighted by atomic mass is 32.1. The standard InChI is InChI=1S/C16H16N4O2S/c1-22-13-10-6-5-9-12(13)19-20-14(15(17)23)16(21)18-11-7-3-2-4-8-11/h2-10,19H,1H3,(H2,17,23)(H,18,21). The number of nitrogens with one attached hydrogen (secondary N) is 2. The summed E-state index contributed by atoms with van der Waals surface area (Å²) in [7, 11) is 1.54. The molecule has 7 heteroatoms. The summed E-state index contributed by atoms with van der Waals surface area (Å²) in [4.78, 5) is 12.1. The number of nitrogens with two attached hydrogens (primary N) is 1. The van der Waals surface area contributed by atoms with E-state index in [1.165, 1.54) is 0 Å². The van der Waals surface area contributed by atoms with Gasteiger partial charge in [-0.3, -0.25) is 10.2 Å². The van der Waals surface area contributed by atoms with E-state index in [9.17, 15) is 4.79 Å². The molecule has 0 aliphatic rings. The van der Waals surface area contributed by atoms with Crippen LogP contribution in [0.2, 0.25) is 0 Å². The van der Waals surface area contributed by atoms with E-state index >= 15 is 0 Å². The third-order valence-corrected chi connectivity index (χ3v) is 3.07. The van der Waals surface area contributed by atoms with Crippen LogP contribution in [0.15, 0.2) is 59.7 Å². The highest BCUT2D eigenvalue weighted by Gasteiger charge is 2.15. The molecule has 0 bridgehead atoms. The maximum atomic E-state index is 12.2. The van der Waals surface area contributed by atoms with E-state index in [1.807, 2.05) is 18.2 Å². The smallest absolute Gasteiger partial charge is 0.279 e. The third kappa shape index (κ3) is 4.52. The number of amides is 1. The van der Waals surface area contributed by atoms with Crippen molar-refractivity contribution in [2.45, 2.75) is 0 Å². The number of hydrogen-bond acceptors (Lipinski definition) is 5. The molecule has 0 atom stereocenters. The molecule has 0 fully saturated rings. The van der Waals surface area contributed by atoms with E-state index in [-0.39, 0.29) is 10.7 Å². The number of benzene rings is 2. The minimum absolute atomic E-state index is 0.0743. The summed E-state index contributed by atoms with van der Waals surface area (Å²) < 4.78 is 5.20. The van der Waals surface area contributed by atoms with Crippen LogP contribution in [-0.4, -0.2) is 23.7 Å². The first kappa shape index (κ1) is 16.4. The van der Waals surface area contributed by atoms with Crippen LogP contribution < -0.4 is 21.2 Å². The molecular weight excluding hydrogens is 312 g/mol. The number of anilines is 2. The Morgan fingerprint density at radius 2 is 1.78 bits per heavy atom. The second-order valence-corrected chi connectivity index (χ2v) is 4.90. The molecule has 0 radical (unpaired) electrons. The number of ether oxygens (including phenoxy) is 1. The van der Waals surface area contributed by atoms with Gasteiger partial charge in [0.05, 0.1) is 12.8 Å². The lowest BCUT2D eigenvalue weighted by Crippen LogP contribution is -2.34. The molecule has 2 aromatic rings. The second-order valence-electron chi connectivity index (χ2n) is 4.46. The van der Waals surface area contributed by atoms with E-state index in [2.05, 4.69) is 15.8 Å². The van der Waals surface area contributed by atoms with Crippen molar-refractivity contribution < 1.29 is 9.53 Å². The van der Waals surface area contributed by atoms with Crippen LogP contribution in [-0.2, 0) is 4.79 Å². The molecule has 1 amide bonds. The molecule has 0 aromatic heterocycles. The number of hydrazone groups is 1. The van der Waals surface area contributed by atoms with Crippen molar-refractivity contribution >= 4 is 40.2 Å². The zero-order valence-corrected chi connectivity index (χ0v) is 13.3. The lowest BCUT2D eigenvalue weighted by atomic mass is 10.3. The highest BCUT2D eigenvalue weighted by molar-refractivity contribution is 7.82. The SMILES string of the molecule is COc1ccccc1NN=C(C(=O)Nc1ccccc1)C(N)=S. The summed E-state index contributed by atoms with van der Waals surface area (Å²) in [5.41, 5.74) is 9.48. The maximum absolute atomic E-state index is 12.2. The number of para-hydroxylation sites is 3. The Hall–Kier alpha value is -2.93. The van der Waals surface area contributed by atoms with Gasteiger partial charge < -0.3 is 15.8 Å². The quantitative estimate of drug-likeness (QED) is 0.430. The van der Waals surface area contributed by atoms with E-state index in [1.54, 1.807) is 43.5 Å². The Bertz CT molecular complexity index is 732. The molecule has 0 aliphatic heterocycles. The number of thiocarbonyl (C=S) groups is 1. The minimum atomic E-state index is -0.494. The number of methoxy groups -OCH3 is 1. The monoisotopic (exact) mass is 328 g/mol. The predicted molar refractivity (Wildman–Crippen MR) is 95.9 cm³/mol. The van der Waals surface area contributed by atoms with Crippen LogP contribution in [0, 0.1) is 0 Å². The highest BCUT2D eigenvalue weighted by Crippen LogP contribution is 2.22. The lowest BCUT2D eigenvalue weighted by molar-refractivity contribution is -0.110. The molecule has 0 saturated heterocycles. The van der Waals surface area contributed by atoms with Crippen LogP contribution in [0.3, 0.4) is 0 Å². The Kier molecular flexibility index (Phi) is 5.65. The van der Waals surface area contributed by atoms with Crippen molar-refractivity contribution in [2.75, 3.05) is 17.9 Å². The molecule has 6 nitrogen and oxygen atoms in total. The van der Waals surface area contributed by atoms with Gasteiger partial charge in [0.25, 0.3) is 5.91 Å². The average Bonchev–Trinajstić information content (AvgIpc) is 2.56. The van der Waals surface area contributed by atoms with Gasteiger partial charge in [0.15, 0.2) is 5.71 Å². The van der Waals surface area contributed by atoms with Gasteiger partial charge in [-0.2, -0.15) is 5.10 Å². The molecule has 4 N–H and O–H groups in total. The average molecular weight is 328 g/mol. The predicted octanol–water partition coefficient (Wildman–Crippen LogP) is 2.39. The van der Waals surface area contributed by atoms with Crippen LogP contribution in [0.5, 0.6) is 5.75 Å². The Labute approximate surface area is 139 Å². The zero-order valence-electron chi connectivity index (χ0n) is 12.4. The Morgan fingerprint density at radius 3 is 2.43 bits per heavy atom. The summed E-state index contributed by atoms with van der Waals surface area (Å²) in [5, 5.41) is 6.69. The summed E-state index contributed by atoms with van der Waals surface area (Å²) in [6.45, 7) is 0. The van der Waals surface area contributed by atoms with E-state index < -0.39 is 5.91 Å². The molecule has 23 heavy (non-hydrogen) atoms. The number of carbonyl (C=O) groups excluding carboxylic acids is 1. The summed E-state index contributed by atoms with van der Waals surface area (Å²) in [6.07, 6.45) is 0. The van der Waals surface area contributed by atoms with E-state index in [0.29, 0.717) is 17.1 Å². The van der Waals surface area contributed by atoms with E-state index in [4.69, 9.17) is 22.7 Å². The molecule has 2 rings (SSSR count). The second kappa shape index (κ2) is 7.90. The number of carbonyl (C=O) groups is 1. The van der Waals surface area contributed by atoms with Crippen LogP contribution in [0.25, 0.3) is 0 Å². The number of nitrogens with zero attached hydrogens (tertiary/aromatic N) is 1. The molecular formula is C16H16N4O2S. The first-order chi connectivity index (χ1) is 11.1. The fourth-order valence-corrected chi connectivity index (χ4v) is 1.92. The van der Waals surface area contributed by atoms with Crippen molar-refractivity contribution in [3.63, 3.8) is 0 Å². The van der Waals surface area contributed by atoms with Gasteiger partial charge in [-0.25, -0.2) is 0 Å². The van der Waals surface area contributed by atoms with Crippen LogP contribution in [0.1, 0.15) is 0 Å². The van der Waals surface area contributed by atoms with Crippen molar-refractivity contribution in [3.8, 4) is 5.75 Å². The summed E-state index contributed by atoms with van der Waals surface area (Å²) in [6, 6.07) is 16.1. The number of hydrogen-bond donors (Lipinski definition) is 3.